The summed E-state index contributed by atoms with van der Waals surface area (Å²) in [4.78, 5) is 57.3. The average molecular weight is 899 g/mol. The number of nitrogens with zero attached hydrogens (tertiary/aromatic N) is 5. The zero-order valence-corrected chi connectivity index (χ0v) is 36.8. The minimum Gasteiger partial charge on any atom is -0.405 e. The lowest BCUT2D eigenvalue weighted by atomic mass is 9.90. The summed E-state index contributed by atoms with van der Waals surface area (Å²) in [6.45, 7) is 5.43. The van der Waals surface area contributed by atoms with E-state index in [9.17, 15) is 32.7 Å². The van der Waals surface area contributed by atoms with Gasteiger partial charge in [-0.1, -0.05) is 35.9 Å². The number of aliphatic hydroxyl groups is 1. The number of alkyl halides is 3. The number of likely N-dealkylation sites (tertiary alicyclic amines) is 1. The molecule has 2 aromatic heterocycles. The van der Waals surface area contributed by atoms with Crippen molar-refractivity contribution in [3.63, 3.8) is 0 Å². The Morgan fingerprint density at radius 2 is 1.73 bits per heavy atom. The summed E-state index contributed by atoms with van der Waals surface area (Å²) in [5.41, 5.74) is 0.801. The SMILES string of the molecule is CNC(C(=O)N1CC(OC)CC1c1ncc(-c2ccc(-c3cc(Cl)c(NC(=O)c4ccc(N(C)CCN(C)C(=O)C(C)(C)CO)nc4)cc3OC(F)(F)F)cc2)[nH]1)C1CCOCC1. The van der Waals surface area contributed by atoms with Crippen molar-refractivity contribution in [2.24, 2.45) is 11.3 Å². The number of H-pyrrole nitrogens is 1. The van der Waals surface area contributed by atoms with E-state index in [1.165, 1.54) is 23.2 Å². The summed E-state index contributed by atoms with van der Waals surface area (Å²) >= 11 is 6.59. The molecule has 3 amide bonds. The molecule has 4 heterocycles. The van der Waals surface area contributed by atoms with Crippen molar-refractivity contribution in [2.75, 3.05) is 77.9 Å². The monoisotopic (exact) mass is 898 g/mol. The largest absolute Gasteiger partial charge is 0.573 e. The number of anilines is 2. The molecule has 4 aromatic rings. The highest BCUT2D eigenvalue weighted by Gasteiger charge is 2.42. The van der Waals surface area contributed by atoms with E-state index >= 15 is 0 Å². The molecule has 0 spiro atoms. The van der Waals surface area contributed by atoms with Crippen LogP contribution in [0.4, 0.5) is 24.7 Å². The first kappa shape index (κ1) is 47.2. The van der Waals surface area contributed by atoms with E-state index in [0.29, 0.717) is 67.7 Å². The van der Waals surface area contributed by atoms with Crippen molar-refractivity contribution in [3.05, 3.63) is 77.3 Å². The van der Waals surface area contributed by atoms with Gasteiger partial charge < -0.3 is 49.6 Å². The highest BCUT2D eigenvalue weighted by molar-refractivity contribution is 6.34. The zero-order valence-electron chi connectivity index (χ0n) is 36.1. The van der Waals surface area contributed by atoms with Crippen LogP contribution in [-0.2, 0) is 19.1 Å². The second kappa shape index (κ2) is 20.1. The van der Waals surface area contributed by atoms with Gasteiger partial charge in [0, 0.05) is 78.3 Å². The van der Waals surface area contributed by atoms with Crippen LogP contribution in [0.15, 0.2) is 60.9 Å². The van der Waals surface area contributed by atoms with E-state index in [1.807, 2.05) is 4.90 Å². The van der Waals surface area contributed by atoms with Crippen LogP contribution in [0.25, 0.3) is 22.4 Å². The maximum Gasteiger partial charge on any atom is 0.573 e. The topological polar surface area (TPSA) is 174 Å². The molecule has 2 aliphatic rings. The zero-order chi connectivity index (χ0) is 45.6. The Hall–Kier alpha value is -5.27. The number of aromatic amines is 1. The van der Waals surface area contributed by atoms with Gasteiger partial charge in [0.1, 0.15) is 17.4 Å². The molecule has 2 saturated heterocycles. The van der Waals surface area contributed by atoms with Gasteiger partial charge in [-0.2, -0.15) is 0 Å². The van der Waals surface area contributed by atoms with E-state index in [0.717, 1.165) is 18.9 Å². The number of hydrogen-bond acceptors (Lipinski definition) is 11. The fourth-order valence-electron chi connectivity index (χ4n) is 7.87. The van der Waals surface area contributed by atoms with Crippen molar-refractivity contribution in [1.82, 2.24) is 30.1 Å². The first-order valence-electron chi connectivity index (χ1n) is 20.6. The third-order valence-electron chi connectivity index (χ3n) is 11.6. The predicted octanol–water partition coefficient (Wildman–Crippen LogP) is 6.16. The number of amides is 3. The molecule has 0 bridgehead atoms. The van der Waals surface area contributed by atoms with Crippen molar-refractivity contribution in [2.45, 2.75) is 57.7 Å². The number of halogens is 4. The van der Waals surface area contributed by atoms with Gasteiger partial charge in [0.2, 0.25) is 11.8 Å². The smallest absolute Gasteiger partial charge is 0.405 e. The number of rotatable bonds is 16. The van der Waals surface area contributed by atoms with Gasteiger partial charge in [-0.25, -0.2) is 9.97 Å². The van der Waals surface area contributed by atoms with E-state index in [1.54, 1.807) is 83.5 Å². The third kappa shape index (κ3) is 11.3. The molecule has 2 aromatic carbocycles. The Bertz CT molecular complexity index is 2220. The lowest BCUT2D eigenvalue weighted by molar-refractivity contribution is -0.274. The van der Waals surface area contributed by atoms with Crippen molar-refractivity contribution >= 4 is 40.8 Å². The Morgan fingerprint density at radius 1 is 1.03 bits per heavy atom. The molecule has 6 rings (SSSR count). The van der Waals surface area contributed by atoms with Crippen LogP contribution in [0.1, 0.15) is 55.3 Å². The number of ether oxygens (including phenoxy) is 3. The van der Waals surface area contributed by atoms with Crippen LogP contribution in [0.5, 0.6) is 5.75 Å². The highest BCUT2D eigenvalue weighted by Crippen LogP contribution is 2.41. The second-order valence-corrected chi connectivity index (χ2v) is 16.9. The molecular weight excluding hydrogens is 845 g/mol. The van der Waals surface area contributed by atoms with Crippen molar-refractivity contribution in [1.29, 1.82) is 0 Å². The number of aliphatic hydroxyl groups excluding tert-OH is 1. The van der Waals surface area contributed by atoms with Crippen LogP contribution >= 0.6 is 11.6 Å². The minimum absolute atomic E-state index is 0.0243. The van der Waals surface area contributed by atoms with Gasteiger partial charge in [-0.3, -0.25) is 14.4 Å². The molecule has 0 radical (unpaired) electrons. The summed E-state index contributed by atoms with van der Waals surface area (Å²) in [6.07, 6.45) is -0.148. The molecule has 2 aliphatic heterocycles. The molecule has 3 atom stereocenters. The van der Waals surface area contributed by atoms with Gasteiger partial charge in [0.25, 0.3) is 5.91 Å². The maximum atomic E-state index is 14.0. The number of pyridine rings is 1. The number of likely N-dealkylation sites (N-methyl/N-ethyl adjacent to an activating group) is 3. The normalized spacial score (nSPS) is 17.7. The van der Waals surface area contributed by atoms with Crippen molar-refractivity contribution < 1.29 is 46.9 Å². The number of carbonyl (C=O) groups is 3. The van der Waals surface area contributed by atoms with Gasteiger partial charge in [0.15, 0.2) is 0 Å². The fourth-order valence-corrected chi connectivity index (χ4v) is 8.08. The molecule has 4 N–H and O–H groups in total. The number of imidazole rings is 1. The standard InChI is InChI=1S/C44H54ClF3N8O7/c1-43(2,25-57)42(60)55(5)16-15-54(4)37-12-11-29(22-50-37)40(58)53-33-21-36(63-44(46,47)48)31(20-32(33)45)26-7-9-27(10-8-26)34-23-51-39(52-34)35-19-30(61-6)24-56(35)41(59)38(49-3)28-13-17-62-18-14-28/h7-12,20-23,28,30,35,38,49,57H,13-19,24-25H2,1-6H3,(H,51,52)(H,53,58). The van der Waals surface area contributed by atoms with Crippen LogP contribution in [-0.4, -0.2) is 134 Å². The van der Waals surface area contributed by atoms with E-state index in [4.69, 9.17) is 21.1 Å². The Balaban J connectivity index is 1.15. The molecule has 0 saturated carbocycles. The average Bonchev–Trinajstić information content (AvgIpc) is 3.95. The lowest BCUT2D eigenvalue weighted by Crippen LogP contribution is -2.50. The molecule has 3 unspecified atom stereocenters. The molecule has 2 fully saturated rings. The summed E-state index contributed by atoms with van der Waals surface area (Å²) in [6, 6.07) is 11.4. The fraction of sp³-hybridized carbons (Fsp3) is 0.477. The first-order valence-corrected chi connectivity index (χ1v) is 21.0. The van der Waals surface area contributed by atoms with Crippen LogP contribution < -0.4 is 20.3 Å². The van der Waals surface area contributed by atoms with Crippen LogP contribution in [0.3, 0.4) is 0 Å². The predicted molar refractivity (Wildman–Crippen MR) is 231 cm³/mol. The van der Waals surface area contributed by atoms with Crippen LogP contribution in [0, 0.1) is 11.3 Å². The molecule has 63 heavy (non-hydrogen) atoms. The van der Waals surface area contributed by atoms with Gasteiger partial charge in [-0.05, 0) is 69.0 Å². The molecule has 340 valence electrons. The Labute approximate surface area is 369 Å². The van der Waals surface area contributed by atoms with E-state index in [-0.39, 0.29) is 64.4 Å². The van der Waals surface area contributed by atoms with Gasteiger partial charge in [-0.15, -0.1) is 13.2 Å². The van der Waals surface area contributed by atoms with Gasteiger partial charge in [0.05, 0.1) is 58.4 Å². The first-order chi connectivity index (χ1) is 29.9. The summed E-state index contributed by atoms with van der Waals surface area (Å²) in [5, 5.41) is 15.3. The molecular formula is C44H54ClF3N8O7. The summed E-state index contributed by atoms with van der Waals surface area (Å²) < 4.78 is 57.0. The number of carbonyl (C=O) groups excluding carboxylic acids is 3. The highest BCUT2D eigenvalue weighted by atomic mass is 35.5. The molecule has 0 aliphatic carbocycles. The third-order valence-corrected chi connectivity index (χ3v) is 12.0. The quantitative estimate of drug-likeness (QED) is 0.102. The Morgan fingerprint density at radius 3 is 2.35 bits per heavy atom. The number of benzene rings is 2. The summed E-state index contributed by atoms with van der Waals surface area (Å²) in [7, 11) is 6.83. The van der Waals surface area contributed by atoms with Gasteiger partial charge >= 0.3 is 6.36 Å². The minimum atomic E-state index is -5.06. The second-order valence-electron chi connectivity index (χ2n) is 16.5. The summed E-state index contributed by atoms with van der Waals surface area (Å²) in [5.74, 6) is -0.253. The number of aromatic nitrogens is 3. The van der Waals surface area contributed by atoms with E-state index < -0.39 is 23.4 Å². The number of nitrogens with one attached hydrogen (secondary N) is 3. The van der Waals surface area contributed by atoms with Crippen LogP contribution in [0.2, 0.25) is 5.02 Å². The Kier molecular flexibility index (Phi) is 15.0. The lowest BCUT2D eigenvalue weighted by Gasteiger charge is -2.33. The number of methoxy groups -OCH3 is 1. The molecule has 15 nitrogen and oxygen atoms in total. The maximum absolute atomic E-state index is 14.0. The van der Waals surface area contributed by atoms with E-state index in [2.05, 4.69) is 30.3 Å². The van der Waals surface area contributed by atoms with Crippen molar-refractivity contribution in [3.8, 4) is 28.1 Å². The molecule has 19 heteroatoms. The number of hydrogen-bond donors (Lipinski definition) is 4.